The molecule has 7 heteroatoms. The van der Waals surface area contributed by atoms with Gasteiger partial charge in [-0.25, -0.2) is 0 Å². The van der Waals surface area contributed by atoms with Gasteiger partial charge < -0.3 is 10.2 Å². The highest BCUT2D eigenvalue weighted by Crippen LogP contribution is 2.32. The van der Waals surface area contributed by atoms with Crippen molar-refractivity contribution >= 4 is 52.3 Å². The summed E-state index contributed by atoms with van der Waals surface area (Å²) in [6.07, 6.45) is 0. The Balaban J connectivity index is 2.05. The molecule has 0 aromatic heterocycles. The molecule has 0 saturated heterocycles. The van der Waals surface area contributed by atoms with Gasteiger partial charge in [-0.1, -0.05) is 53.0 Å². The molecule has 24 heavy (non-hydrogen) atoms. The smallest absolute Gasteiger partial charge is 0.252 e. The number of halogens is 3. The molecule has 0 aliphatic heterocycles. The van der Waals surface area contributed by atoms with Crippen LogP contribution in [-0.2, 0) is 4.79 Å². The summed E-state index contributed by atoms with van der Waals surface area (Å²) in [4.78, 5) is 25.5. The maximum Gasteiger partial charge on any atom is 0.252 e. The van der Waals surface area contributed by atoms with Gasteiger partial charge in [-0.15, -0.1) is 0 Å². The van der Waals surface area contributed by atoms with E-state index in [1.54, 1.807) is 42.5 Å². The number of amides is 2. The number of nitrogens with one attached hydrogen (secondary N) is 1. The molecule has 126 valence electrons. The summed E-state index contributed by atoms with van der Waals surface area (Å²) in [6.45, 7) is 1.92. The molecule has 0 aliphatic rings. The van der Waals surface area contributed by atoms with Crippen molar-refractivity contribution in [3.8, 4) is 0 Å². The molecule has 0 unspecified atom stereocenters. The second-order valence-electron chi connectivity index (χ2n) is 4.98. The lowest BCUT2D eigenvalue weighted by Gasteiger charge is -2.23. The molecule has 0 aliphatic carbocycles. The molecule has 0 fully saturated rings. The number of hydrogen-bond donors (Lipinski definition) is 1. The second kappa shape index (κ2) is 8.38. The highest BCUT2D eigenvalue weighted by Gasteiger charge is 2.17. The van der Waals surface area contributed by atoms with E-state index in [1.807, 2.05) is 0 Å². The fourth-order valence-corrected chi connectivity index (χ4v) is 2.79. The van der Waals surface area contributed by atoms with Crippen LogP contribution in [0.4, 0.5) is 5.69 Å². The minimum Gasteiger partial charge on any atom is -0.350 e. The molecule has 0 spiro atoms. The van der Waals surface area contributed by atoms with E-state index in [9.17, 15) is 9.59 Å². The molecule has 2 amide bonds. The third-order valence-electron chi connectivity index (χ3n) is 3.34. The minimum atomic E-state index is -0.304. The van der Waals surface area contributed by atoms with Crippen molar-refractivity contribution < 1.29 is 9.59 Å². The van der Waals surface area contributed by atoms with Gasteiger partial charge in [-0.05, 0) is 24.3 Å². The Morgan fingerprint density at radius 3 is 2.33 bits per heavy atom. The monoisotopic (exact) mass is 384 g/mol. The Morgan fingerprint density at radius 2 is 1.67 bits per heavy atom. The average molecular weight is 386 g/mol. The van der Waals surface area contributed by atoms with Crippen LogP contribution in [0.25, 0.3) is 0 Å². The predicted octanol–water partition coefficient (Wildman–Crippen LogP) is 4.43. The van der Waals surface area contributed by atoms with Crippen molar-refractivity contribution in [1.82, 2.24) is 5.32 Å². The van der Waals surface area contributed by atoms with E-state index in [1.165, 1.54) is 11.8 Å². The van der Waals surface area contributed by atoms with Crippen LogP contribution in [0.2, 0.25) is 15.1 Å². The normalized spacial score (nSPS) is 10.3. The summed E-state index contributed by atoms with van der Waals surface area (Å²) < 4.78 is 0. The van der Waals surface area contributed by atoms with Crippen molar-refractivity contribution in [2.75, 3.05) is 18.0 Å². The van der Waals surface area contributed by atoms with Gasteiger partial charge in [0.2, 0.25) is 5.91 Å². The zero-order valence-electron chi connectivity index (χ0n) is 12.9. The van der Waals surface area contributed by atoms with E-state index < -0.39 is 0 Å². The standard InChI is InChI=1S/C17H15Cl3N2O2/c1-11(23)22(15-8-4-7-14(19)16(15)20)10-9-21-17(24)12-5-2-3-6-13(12)18/h2-8H,9-10H2,1H3,(H,21,24). The molecule has 0 radical (unpaired) electrons. The Bertz CT molecular complexity index is 765. The van der Waals surface area contributed by atoms with E-state index in [4.69, 9.17) is 34.8 Å². The van der Waals surface area contributed by atoms with Gasteiger partial charge in [0, 0.05) is 20.0 Å². The molecule has 0 heterocycles. The van der Waals surface area contributed by atoms with Crippen LogP contribution >= 0.6 is 34.8 Å². The first-order chi connectivity index (χ1) is 11.4. The summed E-state index contributed by atoms with van der Waals surface area (Å²) in [7, 11) is 0. The predicted molar refractivity (Wildman–Crippen MR) is 98.3 cm³/mol. The van der Waals surface area contributed by atoms with E-state index in [2.05, 4.69) is 5.32 Å². The van der Waals surface area contributed by atoms with Crippen LogP contribution in [0, 0.1) is 0 Å². The first kappa shape index (κ1) is 18.6. The van der Waals surface area contributed by atoms with Crippen molar-refractivity contribution in [1.29, 1.82) is 0 Å². The van der Waals surface area contributed by atoms with Crippen LogP contribution < -0.4 is 10.2 Å². The molecular formula is C17H15Cl3N2O2. The first-order valence-electron chi connectivity index (χ1n) is 7.16. The van der Waals surface area contributed by atoms with E-state index in [0.717, 1.165) is 0 Å². The zero-order valence-corrected chi connectivity index (χ0v) is 15.1. The molecule has 4 nitrogen and oxygen atoms in total. The first-order valence-corrected chi connectivity index (χ1v) is 8.30. The minimum absolute atomic E-state index is 0.203. The fourth-order valence-electron chi connectivity index (χ4n) is 2.17. The van der Waals surface area contributed by atoms with Gasteiger partial charge in [-0.2, -0.15) is 0 Å². The van der Waals surface area contributed by atoms with Crippen molar-refractivity contribution in [2.45, 2.75) is 6.92 Å². The number of benzene rings is 2. The number of carbonyl (C=O) groups is 2. The summed E-state index contributed by atoms with van der Waals surface area (Å²) in [5.74, 6) is -0.507. The molecule has 1 N–H and O–H groups in total. The lowest BCUT2D eigenvalue weighted by Crippen LogP contribution is -2.37. The largest absolute Gasteiger partial charge is 0.350 e. The number of anilines is 1. The van der Waals surface area contributed by atoms with Crippen molar-refractivity contribution in [2.24, 2.45) is 0 Å². The van der Waals surface area contributed by atoms with Crippen LogP contribution in [-0.4, -0.2) is 24.9 Å². The van der Waals surface area contributed by atoms with Crippen LogP contribution in [0.15, 0.2) is 42.5 Å². The van der Waals surface area contributed by atoms with Crippen LogP contribution in [0.1, 0.15) is 17.3 Å². The van der Waals surface area contributed by atoms with Crippen molar-refractivity contribution in [3.63, 3.8) is 0 Å². The Labute approximate surface area is 155 Å². The summed E-state index contributed by atoms with van der Waals surface area (Å²) >= 11 is 18.1. The number of carbonyl (C=O) groups excluding carboxylic acids is 2. The summed E-state index contributed by atoms with van der Waals surface area (Å²) in [5.41, 5.74) is 0.887. The number of nitrogens with zero attached hydrogens (tertiary/aromatic N) is 1. The zero-order chi connectivity index (χ0) is 17.7. The number of hydrogen-bond acceptors (Lipinski definition) is 2. The topological polar surface area (TPSA) is 49.4 Å². The maximum absolute atomic E-state index is 12.1. The summed E-state index contributed by atoms with van der Waals surface area (Å²) in [6, 6.07) is 11.8. The average Bonchev–Trinajstić information content (AvgIpc) is 2.54. The third kappa shape index (κ3) is 4.41. The van der Waals surface area contributed by atoms with Gasteiger partial charge in [-0.3, -0.25) is 9.59 Å². The highest BCUT2D eigenvalue weighted by molar-refractivity contribution is 6.44. The molecule has 2 aromatic carbocycles. The Morgan fingerprint density at radius 1 is 1.00 bits per heavy atom. The Kier molecular flexibility index (Phi) is 6.49. The number of rotatable bonds is 5. The molecular weight excluding hydrogens is 371 g/mol. The fraction of sp³-hybridized carbons (Fsp3) is 0.176. The third-order valence-corrected chi connectivity index (χ3v) is 4.48. The Hall–Kier alpha value is -1.75. The van der Waals surface area contributed by atoms with Gasteiger partial charge in [0.25, 0.3) is 5.91 Å². The quantitative estimate of drug-likeness (QED) is 0.827. The van der Waals surface area contributed by atoms with Gasteiger partial charge >= 0.3 is 0 Å². The van der Waals surface area contributed by atoms with E-state index in [0.29, 0.717) is 26.3 Å². The van der Waals surface area contributed by atoms with Crippen LogP contribution in [0.3, 0.4) is 0 Å². The van der Waals surface area contributed by atoms with Gasteiger partial charge in [0.05, 0.1) is 26.3 Å². The van der Waals surface area contributed by atoms with Gasteiger partial charge in [0.1, 0.15) is 0 Å². The van der Waals surface area contributed by atoms with Gasteiger partial charge in [0.15, 0.2) is 0 Å². The van der Waals surface area contributed by atoms with E-state index in [-0.39, 0.29) is 24.9 Å². The lowest BCUT2D eigenvalue weighted by molar-refractivity contribution is -0.116. The maximum atomic E-state index is 12.1. The van der Waals surface area contributed by atoms with E-state index >= 15 is 0 Å². The highest BCUT2D eigenvalue weighted by atomic mass is 35.5. The molecule has 2 rings (SSSR count). The summed E-state index contributed by atoms with van der Waals surface area (Å²) in [5, 5.41) is 3.77. The molecule has 0 atom stereocenters. The molecule has 0 bridgehead atoms. The lowest BCUT2D eigenvalue weighted by atomic mass is 10.2. The molecule has 0 saturated carbocycles. The second-order valence-corrected chi connectivity index (χ2v) is 6.17. The molecule has 2 aromatic rings. The SMILES string of the molecule is CC(=O)N(CCNC(=O)c1ccccc1Cl)c1cccc(Cl)c1Cl. The van der Waals surface area contributed by atoms with Crippen molar-refractivity contribution in [3.05, 3.63) is 63.1 Å². The van der Waals surface area contributed by atoms with Crippen LogP contribution in [0.5, 0.6) is 0 Å².